The quantitative estimate of drug-likeness (QED) is 0.501. The number of benzene rings is 2. The smallest absolute Gasteiger partial charge is 0.235 e. The van der Waals surface area contributed by atoms with Gasteiger partial charge in [-0.3, -0.25) is 4.79 Å². The van der Waals surface area contributed by atoms with Gasteiger partial charge in [0.05, 0.1) is 27.7 Å². The second-order valence-corrected chi connectivity index (χ2v) is 7.59. The van der Waals surface area contributed by atoms with Gasteiger partial charge in [0.1, 0.15) is 5.82 Å². The number of thioether (sulfide) groups is 1. The predicted molar refractivity (Wildman–Crippen MR) is 114 cm³/mol. The van der Waals surface area contributed by atoms with Crippen molar-refractivity contribution in [2.75, 3.05) is 11.1 Å². The van der Waals surface area contributed by atoms with Gasteiger partial charge in [-0.1, -0.05) is 53.7 Å². The summed E-state index contributed by atoms with van der Waals surface area (Å²) in [5.74, 6) is 0.857. The maximum atomic E-state index is 12.5. The molecule has 0 spiro atoms. The Morgan fingerprint density at radius 2 is 1.82 bits per heavy atom. The van der Waals surface area contributed by atoms with E-state index in [0.717, 1.165) is 27.3 Å². The molecule has 0 fully saturated rings. The first kappa shape index (κ1) is 18.3. The van der Waals surface area contributed by atoms with Crippen LogP contribution in [0.5, 0.6) is 0 Å². The van der Waals surface area contributed by atoms with Crippen molar-refractivity contribution in [1.29, 1.82) is 0 Å². The molecule has 0 aliphatic heterocycles. The predicted octanol–water partition coefficient (Wildman–Crippen LogP) is 4.77. The highest BCUT2D eigenvalue weighted by atomic mass is 32.2. The third-order valence-electron chi connectivity index (χ3n) is 4.30. The van der Waals surface area contributed by atoms with Gasteiger partial charge in [0, 0.05) is 11.5 Å². The molecule has 2 heterocycles. The van der Waals surface area contributed by atoms with Crippen LogP contribution in [0.25, 0.3) is 16.6 Å². The minimum Gasteiger partial charge on any atom is -0.310 e. The first-order valence-corrected chi connectivity index (χ1v) is 9.99. The van der Waals surface area contributed by atoms with Crippen LogP contribution in [0, 0.1) is 13.8 Å². The number of rotatable bonds is 5. The second-order valence-electron chi connectivity index (χ2n) is 6.60. The average Bonchev–Trinajstić information content (AvgIpc) is 3.06. The molecule has 140 valence electrons. The number of amides is 1. The number of anilines is 1. The molecule has 0 bridgehead atoms. The van der Waals surface area contributed by atoms with E-state index in [1.165, 1.54) is 17.3 Å². The molecule has 0 atom stereocenters. The summed E-state index contributed by atoms with van der Waals surface area (Å²) >= 11 is 1.42. The zero-order valence-electron chi connectivity index (χ0n) is 15.7. The van der Waals surface area contributed by atoms with Crippen molar-refractivity contribution in [3.63, 3.8) is 0 Å². The van der Waals surface area contributed by atoms with Crippen LogP contribution >= 0.6 is 11.8 Å². The number of fused-ring (bicyclic) bond motifs is 1. The second kappa shape index (κ2) is 7.86. The van der Waals surface area contributed by atoms with Gasteiger partial charge in [-0.25, -0.2) is 9.67 Å². The molecule has 2 aromatic heterocycles. The summed E-state index contributed by atoms with van der Waals surface area (Å²) in [7, 11) is 0. The highest BCUT2D eigenvalue weighted by Gasteiger charge is 2.12. The largest absolute Gasteiger partial charge is 0.310 e. The van der Waals surface area contributed by atoms with Crippen LogP contribution in [0.3, 0.4) is 0 Å². The molecule has 0 unspecified atom stereocenters. The summed E-state index contributed by atoms with van der Waals surface area (Å²) < 4.78 is 1.76. The van der Waals surface area contributed by atoms with Gasteiger partial charge in [0.15, 0.2) is 0 Å². The number of aryl methyl sites for hydroxylation is 2. The molecule has 4 aromatic rings. The molecule has 4 rings (SSSR count). The van der Waals surface area contributed by atoms with Crippen molar-refractivity contribution in [3.8, 4) is 5.69 Å². The fourth-order valence-corrected chi connectivity index (χ4v) is 3.60. The highest BCUT2D eigenvalue weighted by molar-refractivity contribution is 7.99. The van der Waals surface area contributed by atoms with Crippen molar-refractivity contribution in [1.82, 2.24) is 14.8 Å². The molecular weight excluding hydrogens is 368 g/mol. The van der Waals surface area contributed by atoms with E-state index in [1.807, 2.05) is 80.6 Å². The van der Waals surface area contributed by atoms with Crippen molar-refractivity contribution < 1.29 is 4.79 Å². The molecule has 1 amide bonds. The fourth-order valence-electron chi connectivity index (χ4n) is 2.92. The maximum absolute atomic E-state index is 12.5. The Morgan fingerprint density at radius 3 is 2.64 bits per heavy atom. The standard InChI is InChI=1S/C22H20N4OS/c1-15-7-10-18(11-8-15)26-20(13-16(2)25-26)24-21(27)14-28-22-12-9-17-5-3-4-6-19(17)23-22/h3-13H,14H2,1-2H3,(H,24,27). The van der Waals surface area contributed by atoms with Gasteiger partial charge >= 0.3 is 0 Å². The van der Waals surface area contributed by atoms with Gasteiger partial charge in [0.2, 0.25) is 5.91 Å². The number of carbonyl (C=O) groups excluding carboxylic acids is 1. The molecule has 0 aliphatic rings. The Bertz CT molecular complexity index is 1130. The lowest BCUT2D eigenvalue weighted by molar-refractivity contribution is -0.113. The Morgan fingerprint density at radius 1 is 1.04 bits per heavy atom. The average molecular weight is 388 g/mol. The molecule has 1 N–H and O–H groups in total. The number of nitrogens with one attached hydrogen (secondary N) is 1. The first-order chi connectivity index (χ1) is 13.6. The van der Waals surface area contributed by atoms with E-state index >= 15 is 0 Å². The van der Waals surface area contributed by atoms with E-state index in [0.29, 0.717) is 5.82 Å². The van der Waals surface area contributed by atoms with Crippen LogP contribution in [-0.2, 0) is 4.79 Å². The lowest BCUT2D eigenvalue weighted by Gasteiger charge is -2.09. The Labute approximate surface area is 167 Å². The minimum absolute atomic E-state index is 0.0896. The Kier molecular flexibility index (Phi) is 5.12. The Hall–Kier alpha value is -3.12. The van der Waals surface area contributed by atoms with E-state index in [1.54, 1.807) is 4.68 Å². The molecule has 0 radical (unpaired) electrons. The van der Waals surface area contributed by atoms with Crippen molar-refractivity contribution in [2.45, 2.75) is 18.9 Å². The van der Waals surface area contributed by atoms with Crippen molar-refractivity contribution in [2.24, 2.45) is 0 Å². The van der Waals surface area contributed by atoms with Crippen LogP contribution in [0.1, 0.15) is 11.3 Å². The highest BCUT2D eigenvalue weighted by Crippen LogP contribution is 2.21. The van der Waals surface area contributed by atoms with E-state index in [-0.39, 0.29) is 11.7 Å². The number of aromatic nitrogens is 3. The number of hydrogen-bond acceptors (Lipinski definition) is 4. The van der Waals surface area contributed by atoms with E-state index in [4.69, 9.17) is 0 Å². The zero-order chi connectivity index (χ0) is 19.5. The zero-order valence-corrected chi connectivity index (χ0v) is 16.5. The maximum Gasteiger partial charge on any atom is 0.235 e. The molecule has 0 saturated heterocycles. The van der Waals surface area contributed by atoms with Crippen LogP contribution in [0.2, 0.25) is 0 Å². The Balaban J connectivity index is 1.45. The van der Waals surface area contributed by atoms with Crippen LogP contribution < -0.4 is 5.32 Å². The van der Waals surface area contributed by atoms with Crippen LogP contribution in [0.4, 0.5) is 5.82 Å². The van der Waals surface area contributed by atoms with Gasteiger partial charge in [-0.15, -0.1) is 0 Å². The summed E-state index contributed by atoms with van der Waals surface area (Å²) in [6.45, 7) is 3.95. The molecule has 0 aliphatic carbocycles. The number of hydrogen-bond donors (Lipinski definition) is 1. The van der Waals surface area contributed by atoms with Crippen LogP contribution in [-0.4, -0.2) is 26.4 Å². The lowest BCUT2D eigenvalue weighted by atomic mass is 10.2. The van der Waals surface area contributed by atoms with Gasteiger partial charge in [-0.2, -0.15) is 5.10 Å². The molecule has 5 nitrogen and oxygen atoms in total. The number of nitrogens with zero attached hydrogens (tertiary/aromatic N) is 3. The molecule has 6 heteroatoms. The lowest BCUT2D eigenvalue weighted by Crippen LogP contribution is -2.17. The fraction of sp³-hybridized carbons (Fsp3) is 0.136. The molecule has 0 saturated carbocycles. The van der Waals surface area contributed by atoms with E-state index in [9.17, 15) is 4.79 Å². The number of pyridine rings is 1. The number of carbonyl (C=O) groups is 1. The summed E-state index contributed by atoms with van der Waals surface area (Å²) in [6, 6.07) is 21.8. The van der Waals surface area contributed by atoms with Crippen molar-refractivity contribution in [3.05, 3.63) is 78.0 Å². The van der Waals surface area contributed by atoms with Gasteiger partial charge < -0.3 is 5.32 Å². The van der Waals surface area contributed by atoms with Gasteiger partial charge in [0.25, 0.3) is 0 Å². The molecule has 28 heavy (non-hydrogen) atoms. The summed E-state index contributed by atoms with van der Waals surface area (Å²) in [5, 5.41) is 9.39. The van der Waals surface area contributed by atoms with E-state index < -0.39 is 0 Å². The normalized spacial score (nSPS) is 10.9. The summed E-state index contributed by atoms with van der Waals surface area (Å²) in [6.07, 6.45) is 0. The third-order valence-corrected chi connectivity index (χ3v) is 5.23. The van der Waals surface area contributed by atoms with Crippen LogP contribution in [0.15, 0.2) is 71.8 Å². The summed E-state index contributed by atoms with van der Waals surface area (Å²) in [4.78, 5) is 17.1. The minimum atomic E-state index is -0.0896. The third kappa shape index (κ3) is 4.07. The first-order valence-electron chi connectivity index (χ1n) is 9.01. The SMILES string of the molecule is Cc1ccc(-n2nc(C)cc2NC(=O)CSc2ccc3ccccc3n2)cc1. The van der Waals surface area contributed by atoms with Crippen molar-refractivity contribution >= 4 is 34.4 Å². The number of para-hydroxylation sites is 1. The topological polar surface area (TPSA) is 59.8 Å². The molecular formula is C22H20N4OS. The van der Waals surface area contributed by atoms with Gasteiger partial charge in [-0.05, 0) is 38.1 Å². The molecule has 2 aromatic carbocycles. The monoisotopic (exact) mass is 388 g/mol. The summed E-state index contributed by atoms with van der Waals surface area (Å²) in [5.41, 5.74) is 3.87. The van der Waals surface area contributed by atoms with E-state index in [2.05, 4.69) is 15.4 Å².